The number of nitrogens with two attached hydrogens (primary N) is 1. The van der Waals surface area contributed by atoms with Crippen LogP contribution < -0.4 is 5.73 Å². The minimum atomic E-state index is -2.08. The van der Waals surface area contributed by atoms with E-state index < -0.39 is 20.6 Å². The third kappa shape index (κ3) is 3.22. The van der Waals surface area contributed by atoms with Crippen LogP contribution in [0.5, 0.6) is 0 Å². The zero-order valence-electron chi connectivity index (χ0n) is 15.6. The van der Waals surface area contributed by atoms with Crippen molar-refractivity contribution >= 4 is 19.5 Å². The fourth-order valence-electron chi connectivity index (χ4n) is 3.26. The van der Waals surface area contributed by atoms with E-state index in [2.05, 4.69) is 48.8 Å². The summed E-state index contributed by atoms with van der Waals surface area (Å²) in [6.45, 7) is 11.2. The Bertz CT molecular complexity index is 744. The van der Waals surface area contributed by atoms with E-state index in [9.17, 15) is 0 Å². The highest BCUT2D eigenvalue weighted by atomic mass is 28.4. The Morgan fingerprint density at radius 1 is 1.36 bits per heavy atom. The largest absolute Gasteiger partial charge is 0.411 e. The number of hydrogen-bond acceptors (Lipinski definition) is 5. The van der Waals surface area contributed by atoms with E-state index >= 15 is 4.39 Å². The molecule has 1 aliphatic carbocycles. The van der Waals surface area contributed by atoms with Gasteiger partial charge in [0.25, 0.3) is 0 Å². The molecule has 2 heterocycles. The molecule has 0 saturated heterocycles. The summed E-state index contributed by atoms with van der Waals surface area (Å²) in [7, 11) is -2.08. The summed E-state index contributed by atoms with van der Waals surface area (Å²) in [5.41, 5.74) is 7.29. The Hall–Kier alpha value is -1.38. The predicted molar refractivity (Wildman–Crippen MR) is 98.5 cm³/mol. The quantitative estimate of drug-likeness (QED) is 0.843. The maximum absolute atomic E-state index is 15.4. The molecule has 3 rings (SSSR count). The number of rotatable bonds is 4. The number of hydrogen-bond donors (Lipinski definition) is 1. The summed E-state index contributed by atoms with van der Waals surface area (Å²) in [4.78, 5) is 12.5. The van der Waals surface area contributed by atoms with E-state index in [0.717, 1.165) is 0 Å². The van der Waals surface area contributed by atoms with Gasteiger partial charge in [-0.2, -0.15) is 0 Å². The molecule has 6 nitrogen and oxygen atoms in total. The molecule has 1 fully saturated rings. The fourth-order valence-corrected chi connectivity index (χ4v) is 4.61. The molecular formula is C17H28FN5OSi. The number of nitrogens with zero attached hydrogens (tertiary/aromatic N) is 4. The van der Waals surface area contributed by atoms with Crippen molar-refractivity contribution in [1.82, 2.24) is 19.5 Å². The number of imidazole rings is 1. The molecule has 25 heavy (non-hydrogen) atoms. The van der Waals surface area contributed by atoms with E-state index in [0.29, 0.717) is 24.1 Å². The third-order valence-electron chi connectivity index (χ3n) is 5.83. The van der Waals surface area contributed by atoms with Gasteiger partial charge in [-0.3, -0.25) is 0 Å². The number of fused-ring (bicyclic) bond motifs is 1. The first-order valence-corrected chi connectivity index (χ1v) is 11.7. The van der Waals surface area contributed by atoms with Gasteiger partial charge in [0.15, 0.2) is 14.0 Å². The second-order valence-electron chi connectivity index (χ2n) is 8.47. The lowest BCUT2D eigenvalue weighted by atomic mass is 10.1. The molecule has 0 aliphatic heterocycles. The van der Waals surface area contributed by atoms with E-state index in [1.54, 1.807) is 12.5 Å². The Balaban J connectivity index is 1.90. The highest BCUT2D eigenvalue weighted by molar-refractivity contribution is 6.74. The maximum atomic E-state index is 15.4. The molecule has 0 bridgehead atoms. The van der Waals surface area contributed by atoms with E-state index in [4.69, 9.17) is 10.2 Å². The Labute approximate surface area is 149 Å². The van der Waals surface area contributed by atoms with Crippen molar-refractivity contribution in [3.8, 4) is 0 Å². The van der Waals surface area contributed by atoms with Gasteiger partial charge in [0, 0.05) is 5.92 Å². The summed E-state index contributed by atoms with van der Waals surface area (Å²) in [5, 5.41) is 0.0267. The lowest BCUT2D eigenvalue weighted by molar-refractivity contribution is 0.0706. The highest BCUT2D eigenvalue weighted by Gasteiger charge is 2.49. The van der Waals surface area contributed by atoms with Crippen LogP contribution in [0.25, 0.3) is 11.2 Å². The van der Waals surface area contributed by atoms with Crippen LogP contribution in [-0.2, 0) is 4.43 Å². The molecule has 2 aromatic heterocycles. The Morgan fingerprint density at radius 2 is 2.08 bits per heavy atom. The Kier molecular flexibility index (Phi) is 4.72. The Morgan fingerprint density at radius 3 is 2.72 bits per heavy atom. The summed E-state index contributed by atoms with van der Waals surface area (Å²) in [5.74, 6) is -0.00610. The van der Waals surface area contributed by atoms with Crippen LogP contribution in [0.15, 0.2) is 18.9 Å². The molecule has 138 valence electrons. The van der Waals surface area contributed by atoms with Gasteiger partial charge in [0.2, 0.25) is 0 Å². The average Bonchev–Trinajstić information content (AvgIpc) is 3.08. The van der Waals surface area contributed by atoms with E-state index in [-0.39, 0.29) is 17.0 Å². The van der Waals surface area contributed by atoms with Crippen molar-refractivity contribution in [3.05, 3.63) is 18.9 Å². The van der Waals surface area contributed by atoms with Gasteiger partial charge in [-0.15, -0.1) is 0 Å². The maximum Gasteiger partial charge on any atom is 0.192 e. The smallest absolute Gasteiger partial charge is 0.192 e. The van der Waals surface area contributed by atoms with Gasteiger partial charge in [-0.1, -0.05) is 20.8 Å². The molecule has 0 unspecified atom stereocenters. The van der Waals surface area contributed by atoms with E-state index in [1.807, 2.05) is 4.57 Å². The summed E-state index contributed by atoms with van der Waals surface area (Å²) in [6, 6.07) is -0.358. The molecule has 1 saturated carbocycles. The van der Waals surface area contributed by atoms with Crippen LogP contribution in [0.2, 0.25) is 18.1 Å². The minimum absolute atomic E-state index is 0.00610. The summed E-state index contributed by atoms with van der Waals surface area (Å²) >= 11 is 0. The minimum Gasteiger partial charge on any atom is -0.411 e. The van der Waals surface area contributed by atoms with Gasteiger partial charge in [-0.25, -0.2) is 19.3 Å². The van der Waals surface area contributed by atoms with Crippen LogP contribution >= 0.6 is 0 Å². The zero-order valence-corrected chi connectivity index (χ0v) is 16.6. The molecule has 0 radical (unpaired) electrons. The van der Waals surface area contributed by atoms with Crippen molar-refractivity contribution < 1.29 is 8.82 Å². The molecule has 2 aromatic rings. The SMILES string of the molecule is CC(C)(C)[Si](C)(C)O[C@@H]1[C@@H](CN)C[C@@H](n2cnc3cncnc32)[C@@H]1F. The first-order chi connectivity index (χ1) is 11.7. The monoisotopic (exact) mass is 365 g/mol. The van der Waals surface area contributed by atoms with Crippen molar-refractivity contribution in [2.24, 2.45) is 11.7 Å². The molecular weight excluding hydrogens is 337 g/mol. The standard InChI is InChI=1S/C17H28FN5OSi/c1-17(2,3)25(4,5)24-15-11(7-19)6-13(14(15)18)23-10-22-12-8-20-9-21-16(12)23/h8-11,13-15H,6-7,19H2,1-5H3/t11-,13-,14+,15-/m1/s1. The van der Waals surface area contributed by atoms with Crippen LogP contribution in [0.1, 0.15) is 33.2 Å². The second kappa shape index (κ2) is 6.41. The van der Waals surface area contributed by atoms with Crippen LogP contribution in [-0.4, -0.2) is 46.7 Å². The van der Waals surface area contributed by atoms with Crippen molar-refractivity contribution in [3.63, 3.8) is 0 Å². The molecule has 1 aliphatic rings. The number of aromatic nitrogens is 4. The van der Waals surface area contributed by atoms with Crippen molar-refractivity contribution in [2.45, 2.75) is 63.6 Å². The summed E-state index contributed by atoms with van der Waals surface area (Å²) in [6.07, 6.45) is 3.79. The van der Waals surface area contributed by atoms with Gasteiger partial charge >= 0.3 is 0 Å². The average molecular weight is 366 g/mol. The lowest BCUT2D eigenvalue weighted by Gasteiger charge is -2.40. The van der Waals surface area contributed by atoms with Gasteiger partial charge in [0.1, 0.15) is 18.0 Å². The molecule has 0 amide bonds. The molecule has 2 N–H and O–H groups in total. The van der Waals surface area contributed by atoms with Crippen LogP contribution in [0.4, 0.5) is 4.39 Å². The molecule has 0 aromatic carbocycles. The zero-order chi connectivity index (χ0) is 18.4. The van der Waals surface area contributed by atoms with Crippen LogP contribution in [0, 0.1) is 5.92 Å². The normalized spacial score (nSPS) is 28.0. The first kappa shape index (κ1) is 18.4. The van der Waals surface area contributed by atoms with Crippen molar-refractivity contribution in [1.29, 1.82) is 0 Å². The van der Waals surface area contributed by atoms with Crippen molar-refractivity contribution in [2.75, 3.05) is 6.54 Å². The van der Waals surface area contributed by atoms with Gasteiger partial charge in [0.05, 0.1) is 24.7 Å². The predicted octanol–water partition coefficient (Wildman–Crippen LogP) is 3.07. The van der Waals surface area contributed by atoms with Gasteiger partial charge in [-0.05, 0) is 31.1 Å². The highest BCUT2D eigenvalue weighted by Crippen LogP contribution is 2.45. The molecule has 8 heteroatoms. The number of halogens is 1. The lowest BCUT2D eigenvalue weighted by Crippen LogP contribution is -2.48. The third-order valence-corrected chi connectivity index (χ3v) is 10.3. The first-order valence-electron chi connectivity index (χ1n) is 8.80. The number of alkyl halides is 1. The molecule has 4 atom stereocenters. The summed E-state index contributed by atoms with van der Waals surface area (Å²) < 4.78 is 23.7. The van der Waals surface area contributed by atoms with E-state index in [1.165, 1.54) is 6.33 Å². The fraction of sp³-hybridized carbons (Fsp3) is 0.706. The topological polar surface area (TPSA) is 78.9 Å². The van der Waals surface area contributed by atoms with Crippen LogP contribution in [0.3, 0.4) is 0 Å². The molecule has 0 spiro atoms. The second-order valence-corrected chi connectivity index (χ2v) is 13.2. The van der Waals surface area contributed by atoms with Gasteiger partial charge < -0.3 is 14.7 Å².